The van der Waals surface area contributed by atoms with Crippen LogP contribution in [0.2, 0.25) is 0 Å². The van der Waals surface area contributed by atoms with Crippen LogP contribution < -0.4 is 25.9 Å². The van der Waals surface area contributed by atoms with Crippen molar-refractivity contribution in [2.45, 2.75) is 24.7 Å². The summed E-state index contributed by atoms with van der Waals surface area (Å²) < 4.78 is 187. The fraction of sp³-hybridized carbons (Fsp3) is 0.0870. The third-order valence-corrected chi connectivity index (χ3v) is 11.7. The van der Waals surface area contributed by atoms with Gasteiger partial charge in [0.15, 0.2) is 11.5 Å². The molecule has 314 valence electrons. The molecular weight excluding hydrogens is 851 g/mol. The van der Waals surface area contributed by atoms with Gasteiger partial charge in [0.05, 0.1) is 55.7 Å². The maximum absolute atomic E-state index is 14.2. The number of halogens is 12. The highest BCUT2D eigenvalue weighted by atomic mass is 19.4. The van der Waals surface area contributed by atoms with E-state index in [9.17, 15) is 52.7 Å². The number of benzene rings is 7. The highest BCUT2D eigenvalue weighted by Crippen LogP contribution is 2.48. The molecule has 0 amide bonds. The Morgan fingerprint density at radius 3 is 0.968 bits per heavy atom. The van der Waals surface area contributed by atoms with Crippen LogP contribution in [0.4, 0.5) is 52.7 Å². The van der Waals surface area contributed by atoms with Crippen molar-refractivity contribution in [2.24, 2.45) is 0 Å². The average molecular weight is 872 g/mol. The number of para-hydroxylation sites is 2. The van der Waals surface area contributed by atoms with Gasteiger partial charge in [-0.2, -0.15) is 52.7 Å². The summed E-state index contributed by atoms with van der Waals surface area (Å²) in [5.74, 6) is 0.903. The number of fused-ring (bicyclic) bond motifs is 10. The zero-order valence-corrected chi connectivity index (χ0v) is 31.4. The molecule has 0 N–H and O–H groups in total. The predicted molar refractivity (Wildman–Crippen MR) is 213 cm³/mol. The maximum Gasteiger partial charge on any atom is 0.416 e. The molecule has 0 aliphatic carbocycles. The minimum absolute atomic E-state index is 0.0301. The minimum Gasteiger partial charge on any atom is -0.456 e. The van der Waals surface area contributed by atoms with Crippen LogP contribution in [0, 0.1) is 0 Å². The van der Waals surface area contributed by atoms with Crippen molar-refractivity contribution in [1.82, 2.24) is 9.13 Å². The number of rotatable bonds is 2. The molecule has 0 spiro atoms. The third kappa shape index (κ3) is 5.81. The minimum atomic E-state index is -4.88. The van der Waals surface area contributed by atoms with E-state index in [2.05, 4.69) is 0 Å². The Kier molecular flexibility index (Phi) is 7.88. The maximum atomic E-state index is 14.2. The number of hydrogen-bond donors (Lipinski definition) is 0. The van der Waals surface area contributed by atoms with Crippen LogP contribution in [-0.4, -0.2) is 15.8 Å². The molecule has 0 atom stereocenters. The first-order valence-corrected chi connectivity index (χ1v) is 19.0. The van der Waals surface area contributed by atoms with Crippen LogP contribution in [-0.2, 0) is 24.7 Å². The summed E-state index contributed by atoms with van der Waals surface area (Å²) in [5, 5.41) is -0.767. The van der Waals surface area contributed by atoms with Crippen LogP contribution in [0.15, 0.2) is 127 Å². The van der Waals surface area contributed by atoms with Gasteiger partial charge in [0.1, 0.15) is 11.5 Å². The van der Waals surface area contributed by atoms with Gasteiger partial charge in [0, 0.05) is 27.0 Å². The van der Waals surface area contributed by atoms with Gasteiger partial charge in [-0.05, 0) is 102 Å². The summed E-state index contributed by atoms with van der Waals surface area (Å²) in [4.78, 5) is 0. The Bertz CT molecular complexity index is 3070. The van der Waals surface area contributed by atoms with Crippen LogP contribution in [0.3, 0.4) is 0 Å². The smallest absolute Gasteiger partial charge is 0.416 e. The monoisotopic (exact) mass is 872 g/mol. The normalized spacial score (nSPS) is 13.9. The summed E-state index contributed by atoms with van der Waals surface area (Å²) in [6.45, 7) is -0.702. The van der Waals surface area contributed by atoms with Crippen LogP contribution in [0.25, 0.3) is 55.0 Å². The molecule has 63 heavy (non-hydrogen) atoms. The van der Waals surface area contributed by atoms with Gasteiger partial charge in [-0.3, -0.25) is 0 Å². The Morgan fingerprint density at radius 2 is 0.667 bits per heavy atom. The number of ether oxygens (including phenoxy) is 2. The molecule has 4 nitrogen and oxygen atoms in total. The molecule has 0 radical (unpaired) electrons. The predicted octanol–water partition coefficient (Wildman–Crippen LogP) is 12.7. The Morgan fingerprint density at radius 1 is 0.365 bits per heavy atom. The number of hydrogen-bond acceptors (Lipinski definition) is 2. The standard InChI is InChI=1S/C46H21BF12N2O2/c48-43(49,50)22-9-13-32-26(17-22)27-18-23(44(51,52)53)10-14-33(27)60(32)36-21-37(42-40-41(36)62-38-7-3-1-5-30(38)47(40)31-6-2-4-8-39(31)63-42)61-34-15-11-24(45(54,55)56)19-28(34)29-20-25(46(57,58)59)12-16-35(29)61/h1-21H. The second-order valence-electron chi connectivity index (χ2n) is 15.3. The first-order valence-electron chi connectivity index (χ1n) is 19.0. The fourth-order valence-corrected chi connectivity index (χ4v) is 9.04. The van der Waals surface area contributed by atoms with E-state index in [0.29, 0.717) is 27.9 Å². The summed E-state index contributed by atoms with van der Waals surface area (Å²) >= 11 is 0. The van der Waals surface area contributed by atoms with E-state index in [-0.39, 0.29) is 66.5 Å². The van der Waals surface area contributed by atoms with Gasteiger partial charge >= 0.3 is 24.7 Å². The second kappa shape index (κ2) is 12.8. The largest absolute Gasteiger partial charge is 0.456 e. The molecule has 4 heterocycles. The molecule has 0 saturated heterocycles. The molecule has 7 aromatic carbocycles. The first-order chi connectivity index (χ1) is 29.8. The summed E-state index contributed by atoms with van der Waals surface area (Å²) in [6.07, 6.45) is -19.5. The van der Waals surface area contributed by atoms with E-state index < -0.39 is 53.7 Å². The lowest BCUT2D eigenvalue weighted by Crippen LogP contribution is -2.57. The Balaban J connectivity index is 1.32. The van der Waals surface area contributed by atoms with E-state index in [1.54, 1.807) is 48.5 Å². The molecule has 0 unspecified atom stereocenters. The van der Waals surface area contributed by atoms with Crippen molar-refractivity contribution in [3.05, 3.63) is 150 Å². The van der Waals surface area contributed by atoms with Crippen molar-refractivity contribution < 1.29 is 62.2 Å². The molecular formula is C46H21BF12N2O2. The lowest BCUT2D eigenvalue weighted by molar-refractivity contribution is -0.138. The highest BCUT2D eigenvalue weighted by Gasteiger charge is 2.44. The Hall–Kier alpha value is -7.04. The van der Waals surface area contributed by atoms with Crippen molar-refractivity contribution in [3.8, 4) is 34.4 Å². The number of nitrogens with zero attached hydrogens (tertiary/aromatic N) is 2. The first kappa shape index (κ1) is 38.9. The third-order valence-electron chi connectivity index (χ3n) is 11.7. The molecule has 0 saturated carbocycles. The summed E-state index contributed by atoms with van der Waals surface area (Å²) in [6, 6.07) is 26.0. The molecule has 2 aliphatic heterocycles. The van der Waals surface area contributed by atoms with E-state index in [0.717, 1.165) is 72.8 Å². The average Bonchev–Trinajstić information content (AvgIpc) is 3.73. The SMILES string of the molecule is FC(F)(F)c1ccc2c(c1)c1cc(C(F)(F)F)ccc1n2-c1cc(-n2c3ccc(C(F)(F)F)cc3c3cc(C(F)(F)F)ccc32)c2c3c1Oc1ccccc1B3c1ccccc1O2. The Labute approximate surface area is 346 Å². The van der Waals surface area contributed by atoms with Crippen molar-refractivity contribution in [3.63, 3.8) is 0 Å². The lowest BCUT2D eigenvalue weighted by Gasteiger charge is -2.35. The van der Waals surface area contributed by atoms with Crippen LogP contribution in [0.5, 0.6) is 23.0 Å². The second-order valence-corrected chi connectivity index (χ2v) is 15.3. The summed E-state index contributed by atoms with van der Waals surface area (Å²) in [5.41, 5.74) is -2.64. The van der Waals surface area contributed by atoms with Crippen molar-refractivity contribution in [1.29, 1.82) is 0 Å². The molecule has 0 fully saturated rings. The molecule has 9 aromatic rings. The van der Waals surface area contributed by atoms with E-state index in [1.807, 2.05) is 0 Å². The molecule has 0 bridgehead atoms. The van der Waals surface area contributed by atoms with Gasteiger partial charge in [-0.25, -0.2) is 0 Å². The van der Waals surface area contributed by atoms with Crippen molar-refractivity contribution in [2.75, 3.05) is 0 Å². The topological polar surface area (TPSA) is 28.3 Å². The van der Waals surface area contributed by atoms with E-state index >= 15 is 0 Å². The quantitative estimate of drug-likeness (QED) is 0.128. The van der Waals surface area contributed by atoms with Gasteiger partial charge in [0.2, 0.25) is 0 Å². The summed E-state index contributed by atoms with van der Waals surface area (Å²) in [7, 11) is 0. The highest BCUT2D eigenvalue weighted by molar-refractivity contribution is 6.98. The van der Waals surface area contributed by atoms with Gasteiger partial charge < -0.3 is 18.6 Å². The van der Waals surface area contributed by atoms with Crippen LogP contribution >= 0.6 is 0 Å². The number of aromatic nitrogens is 2. The molecule has 17 heteroatoms. The van der Waals surface area contributed by atoms with Gasteiger partial charge in [-0.15, -0.1) is 0 Å². The lowest BCUT2D eigenvalue weighted by atomic mass is 9.34. The fourth-order valence-electron chi connectivity index (χ4n) is 9.04. The van der Waals surface area contributed by atoms with Gasteiger partial charge in [0.25, 0.3) is 6.71 Å². The van der Waals surface area contributed by atoms with Crippen molar-refractivity contribution >= 4 is 66.7 Å². The molecule has 2 aliphatic rings. The zero-order chi connectivity index (χ0) is 44.1. The number of alkyl halides is 12. The van der Waals surface area contributed by atoms with E-state index in [1.165, 1.54) is 15.2 Å². The van der Waals surface area contributed by atoms with Gasteiger partial charge in [-0.1, -0.05) is 36.4 Å². The van der Waals surface area contributed by atoms with Crippen LogP contribution in [0.1, 0.15) is 22.3 Å². The zero-order valence-electron chi connectivity index (χ0n) is 31.4. The molecule has 2 aromatic heterocycles. The van der Waals surface area contributed by atoms with E-state index in [4.69, 9.17) is 9.47 Å². The molecule has 11 rings (SSSR count).